The molecule has 108 valence electrons. The number of benzene rings is 2. The van der Waals surface area contributed by atoms with Gasteiger partial charge in [-0.1, -0.05) is 60.7 Å². The van der Waals surface area contributed by atoms with Crippen molar-refractivity contribution in [2.24, 2.45) is 10.8 Å². The molecule has 0 aromatic heterocycles. The molecule has 0 unspecified atom stereocenters. The number of rotatable bonds is 4. The smallest absolute Gasteiger partial charge is 0.332 e. The molecule has 21 heavy (non-hydrogen) atoms. The molecule has 0 aliphatic carbocycles. The second-order valence-corrected chi connectivity index (χ2v) is 4.62. The van der Waals surface area contributed by atoms with Gasteiger partial charge in [0.2, 0.25) is 0 Å². The van der Waals surface area contributed by atoms with Crippen LogP contribution in [0.4, 0.5) is 4.79 Å². The third-order valence-corrected chi connectivity index (χ3v) is 3.24. The number of aliphatic hydroxyl groups is 1. The summed E-state index contributed by atoms with van der Waals surface area (Å²) in [4.78, 5) is 10.8. The first kappa shape index (κ1) is 14.7. The number of carbonyl (C=O) groups excluding carboxylic acids is 1. The summed E-state index contributed by atoms with van der Waals surface area (Å²) >= 11 is 0. The lowest BCUT2D eigenvalue weighted by Crippen LogP contribution is -2.37. The lowest BCUT2D eigenvalue weighted by atomic mass is 9.83. The van der Waals surface area contributed by atoms with Gasteiger partial charge in [-0.15, -0.1) is 0 Å². The van der Waals surface area contributed by atoms with Gasteiger partial charge in [-0.05, 0) is 18.1 Å². The number of amides is 2. The van der Waals surface area contributed by atoms with E-state index in [9.17, 15) is 9.90 Å². The molecule has 2 aromatic rings. The Morgan fingerprint density at radius 2 is 1.48 bits per heavy atom. The van der Waals surface area contributed by atoms with Crippen LogP contribution in [0, 0.1) is 0 Å². The van der Waals surface area contributed by atoms with Gasteiger partial charge >= 0.3 is 6.03 Å². The SMILES string of the molecule is CC(=NNC(N)=O)C(O)(c1ccccc1)c1ccccc1. The van der Waals surface area contributed by atoms with Crippen LogP contribution in [0.3, 0.4) is 0 Å². The van der Waals surface area contributed by atoms with Crippen LogP contribution < -0.4 is 11.2 Å². The average Bonchev–Trinajstić information content (AvgIpc) is 2.53. The lowest BCUT2D eigenvalue weighted by Gasteiger charge is -2.29. The minimum Gasteiger partial charge on any atom is -0.375 e. The molecular weight excluding hydrogens is 266 g/mol. The minimum absolute atomic E-state index is 0.318. The van der Waals surface area contributed by atoms with Crippen molar-refractivity contribution in [3.63, 3.8) is 0 Å². The summed E-state index contributed by atoms with van der Waals surface area (Å²) in [7, 11) is 0. The van der Waals surface area contributed by atoms with Crippen molar-refractivity contribution in [2.45, 2.75) is 12.5 Å². The molecule has 0 saturated carbocycles. The fourth-order valence-corrected chi connectivity index (χ4v) is 2.16. The molecule has 0 fully saturated rings. The lowest BCUT2D eigenvalue weighted by molar-refractivity contribution is 0.154. The van der Waals surface area contributed by atoms with Crippen molar-refractivity contribution in [2.75, 3.05) is 0 Å². The maximum Gasteiger partial charge on any atom is 0.332 e. The summed E-state index contributed by atoms with van der Waals surface area (Å²) in [5.41, 5.74) is 7.37. The normalized spacial score (nSPS) is 12.0. The van der Waals surface area contributed by atoms with Crippen molar-refractivity contribution in [3.8, 4) is 0 Å². The average molecular weight is 283 g/mol. The number of carbonyl (C=O) groups is 1. The Balaban J connectivity index is 2.55. The number of primary amides is 1. The molecule has 4 N–H and O–H groups in total. The van der Waals surface area contributed by atoms with Gasteiger partial charge < -0.3 is 10.8 Å². The molecule has 0 spiro atoms. The summed E-state index contributed by atoms with van der Waals surface area (Å²) in [6.45, 7) is 1.63. The quantitative estimate of drug-likeness (QED) is 0.591. The maximum absolute atomic E-state index is 11.2. The largest absolute Gasteiger partial charge is 0.375 e. The van der Waals surface area contributed by atoms with Crippen LogP contribution in [0.2, 0.25) is 0 Å². The van der Waals surface area contributed by atoms with E-state index in [1.807, 2.05) is 36.4 Å². The molecule has 0 atom stereocenters. The Morgan fingerprint density at radius 1 is 1.05 bits per heavy atom. The van der Waals surface area contributed by atoms with E-state index in [-0.39, 0.29) is 0 Å². The highest BCUT2D eigenvalue weighted by Crippen LogP contribution is 2.31. The van der Waals surface area contributed by atoms with Crippen molar-refractivity contribution >= 4 is 11.7 Å². The van der Waals surface area contributed by atoms with Crippen LogP contribution in [0.25, 0.3) is 0 Å². The Labute approximate surface area is 123 Å². The van der Waals surface area contributed by atoms with Gasteiger partial charge in [0.1, 0.15) is 0 Å². The van der Waals surface area contributed by atoms with Gasteiger partial charge in [-0.3, -0.25) is 0 Å². The number of hydrogen-bond donors (Lipinski definition) is 3. The summed E-state index contributed by atoms with van der Waals surface area (Å²) in [6, 6.07) is 17.5. The molecule has 2 amide bonds. The Kier molecular flexibility index (Phi) is 4.35. The molecular formula is C16H17N3O2. The van der Waals surface area contributed by atoms with Crippen molar-refractivity contribution in [3.05, 3.63) is 71.8 Å². The number of urea groups is 1. The highest BCUT2D eigenvalue weighted by Gasteiger charge is 2.35. The van der Waals surface area contributed by atoms with E-state index in [4.69, 9.17) is 5.73 Å². The van der Waals surface area contributed by atoms with Gasteiger partial charge in [-0.2, -0.15) is 5.10 Å². The van der Waals surface area contributed by atoms with Gasteiger partial charge in [0.15, 0.2) is 5.60 Å². The molecule has 0 radical (unpaired) electrons. The second-order valence-electron chi connectivity index (χ2n) is 4.62. The number of hydrazone groups is 1. The Bertz CT molecular complexity index is 600. The van der Waals surface area contributed by atoms with Crippen LogP contribution in [0.5, 0.6) is 0 Å². The number of hydrogen-bond acceptors (Lipinski definition) is 3. The topological polar surface area (TPSA) is 87.7 Å². The van der Waals surface area contributed by atoms with Crippen molar-refractivity contribution in [1.82, 2.24) is 5.43 Å². The van der Waals surface area contributed by atoms with Gasteiger partial charge in [0, 0.05) is 0 Å². The fraction of sp³-hybridized carbons (Fsp3) is 0.125. The molecule has 0 heterocycles. The highest BCUT2D eigenvalue weighted by atomic mass is 16.3. The Hall–Kier alpha value is -2.66. The van der Waals surface area contributed by atoms with Gasteiger partial charge in [0.05, 0.1) is 5.71 Å². The molecule has 0 aliphatic heterocycles. The predicted molar refractivity (Wildman–Crippen MR) is 81.7 cm³/mol. The van der Waals surface area contributed by atoms with E-state index in [1.54, 1.807) is 31.2 Å². The maximum atomic E-state index is 11.2. The summed E-state index contributed by atoms with van der Waals surface area (Å²) in [5.74, 6) is 0. The summed E-state index contributed by atoms with van der Waals surface area (Å²) < 4.78 is 0. The molecule has 5 heteroatoms. The van der Waals surface area contributed by atoms with E-state index in [2.05, 4.69) is 10.5 Å². The van der Waals surface area contributed by atoms with E-state index < -0.39 is 11.6 Å². The van der Waals surface area contributed by atoms with Crippen LogP contribution in [0.15, 0.2) is 65.8 Å². The molecule has 2 rings (SSSR count). The van der Waals surface area contributed by atoms with Crippen molar-refractivity contribution < 1.29 is 9.90 Å². The Morgan fingerprint density at radius 3 is 1.86 bits per heavy atom. The van der Waals surface area contributed by atoms with E-state index in [0.717, 1.165) is 0 Å². The first-order valence-corrected chi connectivity index (χ1v) is 6.48. The molecule has 5 nitrogen and oxygen atoms in total. The van der Waals surface area contributed by atoms with E-state index >= 15 is 0 Å². The third kappa shape index (κ3) is 3.09. The van der Waals surface area contributed by atoms with E-state index in [0.29, 0.717) is 16.8 Å². The molecule has 0 saturated heterocycles. The molecule has 0 aliphatic rings. The number of nitrogens with one attached hydrogen (secondary N) is 1. The van der Waals surface area contributed by atoms with Crippen molar-refractivity contribution in [1.29, 1.82) is 0 Å². The van der Waals surface area contributed by atoms with Crippen LogP contribution in [0.1, 0.15) is 18.1 Å². The first-order valence-electron chi connectivity index (χ1n) is 6.48. The fourth-order valence-electron chi connectivity index (χ4n) is 2.16. The number of nitrogens with two attached hydrogens (primary N) is 1. The monoisotopic (exact) mass is 283 g/mol. The van der Waals surface area contributed by atoms with Crippen LogP contribution in [-0.2, 0) is 5.60 Å². The second kappa shape index (κ2) is 6.19. The standard InChI is InChI=1S/C16H17N3O2/c1-12(18-19-15(17)20)16(21,13-8-4-2-5-9-13)14-10-6-3-7-11-14/h2-11,21H,1H3,(H3,17,19,20). The van der Waals surface area contributed by atoms with Gasteiger partial charge in [-0.25, -0.2) is 10.2 Å². The van der Waals surface area contributed by atoms with E-state index in [1.165, 1.54) is 0 Å². The zero-order valence-electron chi connectivity index (χ0n) is 11.7. The number of nitrogens with zero attached hydrogens (tertiary/aromatic N) is 1. The molecule has 0 bridgehead atoms. The predicted octanol–water partition coefficient (Wildman–Crippen LogP) is 1.97. The van der Waals surface area contributed by atoms with Gasteiger partial charge in [0.25, 0.3) is 0 Å². The summed E-state index contributed by atoms with van der Waals surface area (Å²) in [6.07, 6.45) is 0. The first-order chi connectivity index (χ1) is 10.0. The third-order valence-electron chi connectivity index (χ3n) is 3.24. The highest BCUT2D eigenvalue weighted by molar-refractivity contribution is 5.95. The zero-order valence-corrected chi connectivity index (χ0v) is 11.7. The van der Waals surface area contributed by atoms with Crippen LogP contribution >= 0.6 is 0 Å². The summed E-state index contributed by atoms with van der Waals surface area (Å²) in [5, 5.41) is 15.1. The van der Waals surface area contributed by atoms with Crippen LogP contribution in [-0.4, -0.2) is 16.8 Å². The minimum atomic E-state index is -1.44. The molecule has 2 aromatic carbocycles. The zero-order chi connectivity index (χ0) is 15.3.